The van der Waals surface area contributed by atoms with Crippen molar-refractivity contribution in [1.82, 2.24) is 0 Å². The summed E-state index contributed by atoms with van der Waals surface area (Å²) in [6.45, 7) is 1.94. The molecular formula is C15H14BrFO. The van der Waals surface area contributed by atoms with E-state index in [4.69, 9.17) is 0 Å². The number of hydrogen-bond acceptors (Lipinski definition) is 1. The van der Waals surface area contributed by atoms with Crippen LogP contribution in [0.5, 0.6) is 0 Å². The van der Waals surface area contributed by atoms with Gasteiger partial charge >= 0.3 is 0 Å². The zero-order valence-corrected chi connectivity index (χ0v) is 11.6. The van der Waals surface area contributed by atoms with Crippen LogP contribution in [-0.4, -0.2) is 5.11 Å². The van der Waals surface area contributed by atoms with Crippen molar-refractivity contribution in [2.75, 3.05) is 0 Å². The number of halogens is 2. The molecule has 0 fully saturated rings. The first kappa shape index (κ1) is 13.2. The van der Waals surface area contributed by atoms with E-state index in [2.05, 4.69) is 15.9 Å². The Labute approximate surface area is 114 Å². The summed E-state index contributed by atoms with van der Waals surface area (Å²) >= 11 is 3.38. The van der Waals surface area contributed by atoms with E-state index in [1.54, 1.807) is 18.2 Å². The number of hydrogen-bond donors (Lipinski definition) is 1. The van der Waals surface area contributed by atoms with Gasteiger partial charge in [0.05, 0.1) is 6.10 Å². The van der Waals surface area contributed by atoms with Crippen molar-refractivity contribution < 1.29 is 9.50 Å². The van der Waals surface area contributed by atoms with E-state index in [0.717, 1.165) is 15.6 Å². The third kappa shape index (κ3) is 2.98. The Morgan fingerprint density at radius 3 is 2.61 bits per heavy atom. The van der Waals surface area contributed by atoms with Gasteiger partial charge in [0.15, 0.2) is 0 Å². The fourth-order valence-corrected chi connectivity index (χ4v) is 2.47. The van der Waals surface area contributed by atoms with Crippen LogP contribution in [0.25, 0.3) is 0 Å². The Kier molecular flexibility index (Phi) is 4.15. The van der Waals surface area contributed by atoms with E-state index in [-0.39, 0.29) is 12.2 Å². The summed E-state index contributed by atoms with van der Waals surface area (Å²) in [6.07, 6.45) is -0.398. The van der Waals surface area contributed by atoms with Crippen LogP contribution in [0.3, 0.4) is 0 Å². The molecule has 18 heavy (non-hydrogen) atoms. The molecule has 0 aromatic heterocycles. The number of benzene rings is 2. The van der Waals surface area contributed by atoms with Gasteiger partial charge in [-0.3, -0.25) is 0 Å². The molecule has 0 spiro atoms. The molecule has 1 unspecified atom stereocenters. The van der Waals surface area contributed by atoms with E-state index in [1.807, 2.05) is 25.1 Å². The fourth-order valence-electron chi connectivity index (χ4n) is 2.00. The summed E-state index contributed by atoms with van der Waals surface area (Å²) in [4.78, 5) is 0. The van der Waals surface area contributed by atoms with E-state index in [0.29, 0.717) is 5.56 Å². The number of rotatable bonds is 3. The highest BCUT2D eigenvalue weighted by molar-refractivity contribution is 9.10. The van der Waals surface area contributed by atoms with Gasteiger partial charge in [-0.05, 0) is 41.8 Å². The SMILES string of the molecule is Cc1cc(Br)ccc1C(O)Cc1ccccc1F. The Morgan fingerprint density at radius 2 is 1.94 bits per heavy atom. The molecule has 0 saturated carbocycles. The molecule has 3 heteroatoms. The highest BCUT2D eigenvalue weighted by Crippen LogP contribution is 2.25. The van der Waals surface area contributed by atoms with Gasteiger partial charge in [0.2, 0.25) is 0 Å². The lowest BCUT2D eigenvalue weighted by Gasteiger charge is -2.14. The third-order valence-electron chi connectivity index (χ3n) is 2.96. The predicted molar refractivity (Wildman–Crippen MR) is 73.9 cm³/mol. The summed E-state index contributed by atoms with van der Waals surface area (Å²) in [6, 6.07) is 12.2. The van der Waals surface area contributed by atoms with Crippen LogP contribution >= 0.6 is 15.9 Å². The van der Waals surface area contributed by atoms with Crippen molar-refractivity contribution in [2.24, 2.45) is 0 Å². The summed E-state index contributed by atoms with van der Waals surface area (Å²) in [5, 5.41) is 10.2. The van der Waals surface area contributed by atoms with E-state index >= 15 is 0 Å². The largest absolute Gasteiger partial charge is 0.388 e. The Morgan fingerprint density at radius 1 is 1.22 bits per heavy atom. The van der Waals surface area contributed by atoms with E-state index < -0.39 is 6.10 Å². The quantitative estimate of drug-likeness (QED) is 0.902. The smallest absolute Gasteiger partial charge is 0.126 e. The molecule has 0 heterocycles. The zero-order valence-electron chi connectivity index (χ0n) is 10.0. The fraction of sp³-hybridized carbons (Fsp3) is 0.200. The molecule has 1 N–H and O–H groups in total. The van der Waals surface area contributed by atoms with Crippen LogP contribution in [0.4, 0.5) is 4.39 Å². The molecular weight excluding hydrogens is 295 g/mol. The summed E-state index contributed by atoms with van der Waals surface area (Å²) in [7, 11) is 0. The predicted octanol–water partition coefficient (Wildman–Crippen LogP) is 4.17. The molecule has 1 nitrogen and oxygen atoms in total. The Hall–Kier alpha value is -1.19. The van der Waals surface area contributed by atoms with Crippen LogP contribution in [0.1, 0.15) is 22.8 Å². The van der Waals surface area contributed by atoms with Gasteiger partial charge in [0.1, 0.15) is 5.82 Å². The minimum absolute atomic E-state index is 0.272. The van der Waals surface area contributed by atoms with Gasteiger partial charge < -0.3 is 5.11 Å². The van der Waals surface area contributed by atoms with E-state index in [9.17, 15) is 9.50 Å². The second kappa shape index (κ2) is 5.63. The first-order valence-corrected chi connectivity index (χ1v) is 6.55. The standard InChI is InChI=1S/C15H14BrFO/c1-10-8-12(16)6-7-13(10)15(18)9-11-4-2-3-5-14(11)17/h2-8,15,18H,9H2,1H3. The molecule has 0 radical (unpaired) electrons. The summed E-state index contributed by atoms with van der Waals surface area (Å²) in [5.41, 5.74) is 2.36. The molecule has 2 aromatic rings. The Bertz CT molecular complexity index is 554. The van der Waals surface area contributed by atoms with Crippen molar-refractivity contribution in [3.63, 3.8) is 0 Å². The average molecular weight is 309 g/mol. The maximum absolute atomic E-state index is 13.5. The number of aryl methyl sites for hydroxylation is 1. The molecule has 0 aliphatic heterocycles. The molecule has 0 aliphatic rings. The first-order valence-electron chi connectivity index (χ1n) is 5.75. The van der Waals surface area contributed by atoms with Crippen LogP contribution in [0.2, 0.25) is 0 Å². The number of aliphatic hydroxyl groups excluding tert-OH is 1. The van der Waals surface area contributed by atoms with Crippen molar-refractivity contribution >= 4 is 15.9 Å². The van der Waals surface area contributed by atoms with Crippen LogP contribution in [-0.2, 0) is 6.42 Å². The molecule has 0 aliphatic carbocycles. The molecule has 0 saturated heterocycles. The first-order chi connectivity index (χ1) is 8.58. The van der Waals surface area contributed by atoms with Crippen LogP contribution in [0, 0.1) is 12.7 Å². The Balaban J connectivity index is 2.22. The maximum atomic E-state index is 13.5. The van der Waals surface area contributed by atoms with Crippen molar-refractivity contribution in [2.45, 2.75) is 19.4 Å². The zero-order chi connectivity index (χ0) is 13.1. The molecule has 1 atom stereocenters. The monoisotopic (exact) mass is 308 g/mol. The van der Waals surface area contributed by atoms with E-state index in [1.165, 1.54) is 6.07 Å². The molecule has 2 rings (SSSR count). The summed E-state index contributed by atoms with van der Waals surface area (Å²) in [5.74, 6) is -0.272. The van der Waals surface area contributed by atoms with Gasteiger partial charge in [0, 0.05) is 10.9 Å². The minimum Gasteiger partial charge on any atom is -0.388 e. The average Bonchev–Trinajstić information content (AvgIpc) is 2.32. The molecule has 2 aromatic carbocycles. The lowest BCUT2D eigenvalue weighted by atomic mass is 9.97. The van der Waals surface area contributed by atoms with Crippen LogP contribution < -0.4 is 0 Å². The normalized spacial score (nSPS) is 12.4. The van der Waals surface area contributed by atoms with Gasteiger partial charge in [-0.1, -0.05) is 40.2 Å². The topological polar surface area (TPSA) is 20.2 Å². The van der Waals surface area contributed by atoms with Gasteiger partial charge in [-0.2, -0.15) is 0 Å². The maximum Gasteiger partial charge on any atom is 0.126 e. The van der Waals surface area contributed by atoms with Crippen molar-refractivity contribution in [1.29, 1.82) is 0 Å². The molecule has 0 bridgehead atoms. The molecule has 94 valence electrons. The van der Waals surface area contributed by atoms with Crippen LogP contribution in [0.15, 0.2) is 46.9 Å². The lowest BCUT2D eigenvalue weighted by molar-refractivity contribution is 0.176. The van der Waals surface area contributed by atoms with Gasteiger partial charge in [-0.15, -0.1) is 0 Å². The highest BCUT2D eigenvalue weighted by atomic mass is 79.9. The second-order valence-electron chi connectivity index (χ2n) is 4.31. The third-order valence-corrected chi connectivity index (χ3v) is 3.46. The van der Waals surface area contributed by atoms with Gasteiger partial charge in [-0.25, -0.2) is 4.39 Å². The lowest BCUT2D eigenvalue weighted by Crippen LogP contribution is -2.05. The summed E-state index contributed by atoms with van der Waals surface area (Å²) < 4.78 is 14.5. The molecule has 0 amide bonds. The number of aliphatic hydroxyl groups is 1. The van der Waals surface area contributed by atoms with Crippen molar-refractivity contribution in [3.05, 3.63) is 69.4 Å². The second-order valence-corrected chi connectivity index (χ2v) is 5.23. The van der Waals surface area contributed by atoms with Gasteiger partial charge in [0.25, 0.3) is 0 Å². The highest BCUT2D eigenvalue weighted by Gasteiger charge is 2.13. The minimum atomic E-state index is -0.685. The van der Waals surface area contributed by atoms with Crippen molar-refractivity contribution in [3.8, 4) is 0 Å².